The van der Waals surface area contributed by atoms with Crippen LogP contribution in [-0.2, 0) is 0 Å². The molecule has 20 heavy (non-hydrogen) atoms. The van der Waals surface area contributed by atoms with Crippen molar-refractivity contribution in [3.63, 3.8) is 0 Å². The Balaban J connectivity index is 1.90. The van der Waals surface area contributed by atoms with Crippen LogP contribution in [0.5, 0.6) is 0 Å². The molecule has 0 aliphatic carbocycles. The number of nitrogens with zero attached hydrogens (tertiary/aromatic N) is 3. The molecule has 102 valence electrons. The van der Waals surface area contributed by atoms with Gasteiger partial charge in [-0.2, -0.15) is 4.39 Å². The van der Waals surface area contributed by atoms with Crippen molar-refractivity contribution >= 4 is 5.91 Å². The molecule has 5 heteroatoms. The fourth-order valence-electron chi connectivity index (χ4n) is 2.64. The number of likely N-dealkylation sites (tertiary alicyclic amines) is 1. The molecular weight excluding hydrogens is 257 g/mol. The van der Waals surface area contributed by atoms with Gasteiger partial charge in [-0.25, -0.2) is 4.98 Å². The lowest BCUT2D eigenvalue weighted by Crippen LogP contribution is -2.31. The number of rotatable bonds is 2. The molecule has 0 saturated carbocycles. The summed E-state index contributed by atoms with van der Waals surface area (Å²) in [4.78, 5) is 21.7. The summed E-state index contributed by atoms with van der Waals surface area (Å²) < 4.78 is 13.7. The summed E-state index contributed by atoms with van der Waals surface area (Å²) in [5.41, 5.74) is 1.07. The maximum Gasteiger partial charge on any atom is 0.259 e. The Morgan fingerprint density at radius 3 is 2.80 bits per heavy atom. The molecule has 1 aliphatic rings. The van der Waals surface area contributed by atoms with Gasteiger partial charge in [0, 0.05) is 25.1 Å². The Labute approximate surface area is 116 Å². The zero-order valence-corrected chi connectivity index (χ0v) is 10.9. The van der Waals surface area contributed by atoms with Crippen LogP contribution in [0.15, 0.2) is 42.9 Å². The van der Waals surface area contributed by atoms with E-state index in [1.54, 1.807) is 23.4 Å². The molecular formula is C15H14FN3O. The van der Waals surface area contributed by atoms with Crippen molar-refractivity contribution in [2.24, 2.45) is 0 Å². The van der Waals surface area contributed by atoms with Crippen molar-refractivity contribution in [1.29, 1.82) is 0 Å². The van der Waals surface area contributed by atoms with Crippen molar-refractivity contribution in [3.8, 4) is 0 Å². The third-order valence-electron chi connectivity index (χ3n) is 3.59. The normalized spacial score (nSPS) is 18.2. The van der Waals surface area contributed by atoms with Crippen molar-refractivity contribution in [3.05, 3.63) is 59.9 Å². The molecule has 0 spiro atoms. The Hall–Kier alpha value is -2.30. The largest absolute Gasteiger partial charge is 0.331 e. The van der Waals surface area contributed by atoms with Crippen LogP contribution in [0.3, 0.4) is 0 Å². The highest BCUT2D eigenvalue weighted by Gasteiger charge is 2.31. The fourth-order valence-corrected chi connectivity index (χ4v) is 2.64. The number of hydrogen-bond donors (Lipinski definition) is 0. The summed E-state index contributed by atoms with van der Waals surface area (Å²) in [5, 5.41) is 0. The number of hydrogen-bond acceptors (Lipinski definition) is 3. The quantitative estimate of drug-likeness (QED) is 0.789. The van der Waals surface area contributed by atoms with Gasteiger partial charge in [-0.3, -0.25) is 9.78 Å². The predicted octanol–water partition coefficient (Wildman–Crippen LogP) is 2.59. The van der Waals surface area contributed by atoms with E-state index in [1.165, 1.54) is 12.3 Å². The molecule has 4 nitrogen and oxygen atoms in total. The van der Waals surface area contributed by atoms with Crippen LogP contribution in [-0.4, -0.2) is 27.3 Å². The fraction of sp³-hybridized carbons (Fsp3) is 0.267. The monoisotopic (exact) mass is 271 g/mol. The predicted molar refractivity (Wildman–Crippen MR) is 71.4 cm³/mol. The maximum atomic E-state index is 13.7. The number of pyridine rings is 2. The first-order valence-corrected chi connectivity index (χ1v) is 6.59. The van der Waals surface area contributed by atoms with Gasteiger partial charge in [0.15, 0.2) is 0 Å². The van der Waals surface area contributed by atoms with Crippen molar-refractivity contribution in [2.75, 3.05) is 6.54 Å². The topological polar surface area (TPSA) is 46.1 Å². The van der Waals surface area contributed by atoms with Gasteiger partial charge in [-0.15, -0.1) is 0 Å². The zero-order chi connectivity index (χ0) is 13.9. The summed E-state index contributed by atoms with van der Waals surface area (Å²) in [7, 11) is 0. The first-order chi connectivity index (χ1) is 9.77. The van der Waals surface area contributed by atoms with E-state index in [2.05, 4.69) is 9.97 Å². The molecule has 1 fully saturated rings. The molecule has 0 radical (unpaired) electrons. The third kappa shape index (κ3) is 2.27. The minimum atomic E-state index is -0.710. The summed E-state index contributed by atoms with van der Waals surface area (Å²) >= 11 is 0. The van der Waals surface area contributed by atoms with Crippen LogP contribution in [0.1, 0.15) is 34.8 Å². The standard InChI is InChI=1S/C15H14FN3O/c16-14-12(3-1-7-18-14)15(20)19-10-2-4-13(19)11-5-8-17-9-6-11/h1,3,5-9,13H,2,4,10H2. The summed E-state index contributed by atoms with van der Waals surface area (Å²) in [6.07, 6.45) is 6.57. The highest BCUT2D eigenvalue weighted by Crippen LogP contribution is 2.32. The molecule has 1 saturated heterocycles. The second kappa shape index (κ2) is 5.36. The van der Waals surface area contributed by atoms with Crippen LogP contribution < -0.4 is 0 Å². The minimum absolute atomic E-state index is 0.00916. The maximum absolute atomic E-state index is 13.7. The molecule has 0 bridgehead atoms. The SMILES string of the molecule is O=C(c1cccnc1F)N1CCCC1c1ccncc1. The number of carbonyl (C=O) groups is 1. The molecule has 0 aromatic carbocycles. The van der Waals surface area contributed by atoms with Crippen LogP contribution in [0.2, 0.25) is 0 Å². The Morgan fingerprint density at radius 2 is 2.05 bits per heavy atom. The van der Waals surface area contributed by atoms with Gasteiger partial charge in [-0.05, 0) is 42.7 Å². The molecule has 2 aromatic rings. The Kier molecular flexibility index (Phi) is 3.41. The van der Waals surface area contributed by atoms with E-state index >= 15 is 0 Å². The van der Waals surface area contributed by atoms with Crippen molar-refractivity contribution < 1.29 is 9.18 Å². The van der Waals surface area contributed by atoms with E-state index in [0.717, 1.165) is 18.4 Å². The van der Waals surface area contributed by atoms with Gasteiger partial charge < -0.3 is 4.90 Å². The van der Waals surface area contributed by atoms with Crippen molar-refractivity contribution in [1.82, 2.24) is 14.9 Å². The van der Waals surface area contributed by atoms with Gasteiger partial charge in [0.1, 0.15) is 0 Å². The molecule has 0 N–H and O–H groups in total. The summed E-state index contributed by atoms with van der Waals surface area (Å²) in [5.74, 6) is -1.01. The average molecular weight is 271 g/mol. The lowest BCUT2D eigenvalue weighted by Gasteiger charge is -2.25. The molecule has 3 heterocycles. The van der Waals surface area contributed by atoms with E-state index in [0.29, 0.717) is 6.54 Å². The molecule has 1 unspecified atom stereocenters. The highest BCUT2D eigenvalue weighted by molar-refractivity contribution is 5.94. The van der Waals surface area contributed by atoms with E-state index < -0.39 is 5.95 Å². The van der Waals surface area contributed by atoms with Crippen LogP contribution in [0.4, 0.5) is 4.39 Å². The highest BCUT2D eigenvalue weighted by atomic mass is 19.1. The van der Waals surface area contributed by atoms with Gasteiger partial charge in [-0.1, -0.05) is 0 Å². The van der Waals surface area contributed by atoms with E-state index in [9.17, 15) is 9.18 Å². The second-order valence-electron chi connectivity index (χ2n) is 4.78. The summed E-state index contributed by atoms with van der Waals surface area (Å²) in [6, 6.07) is 6.84. The number of amides is 1. The van der Waals surface area contributed by atoms with E-state index in [1.807, 2.05) is 12.1 Å². The summed E-state index contributed by atoms with van der Waals surface area (Å²) in [6.45, 7) is 0.639. The smallest absolute Gasteiger partial charge is 0.259 e. The number of aromatic nitrogens is 2. The van der Waals surface area contributed by atoms with Crippen molar-refractivity contribution in [2.45, 2.75) is 18.9 Å². The lowest BCUT2D eigenvalue weighted by atomic mass is 10.1. The van der Waals surface area contributed by atoms with Gasteiger partial charge in [0.05, 0.1) is 11.6 Å². The molecule has 3 rings (SSSR count). The first-order valence-electron chi connectivity index (χ1n) is 6.59. The third-order valence-corrected chi connectivity index (χ3v) is 3.59. The Morgan fingerprint density at radius 1 is 1.25 bits per heavy atom. The molecule has 1 aliphatic heterocycles. The van der Waals surface area contributed by atoms with Gasteiger partial charge >= 0.3 is 0 Å². The van der Waals surface area contributed by atoms with Crippen LogP contribution in [0, 0.1) is 5.95 Å². The second-order valence-corrected chi connectivity index (χ2v) is 4.78. The minimum Gasteiger partial charge on any atom is -0.331 e. The molecule has 2 aromatic heterocycles. The molecule has 1 amide bonds. The zero-order valence-electron chi connectivity index (χ0n) is 10.9. The molecule has 1 atom stereocenters. The average Bonchev–Trinajstić information content (AvgIpc) is 2.97. The van der Waals surface area contributed by atoms with Crippen LogP contribution in [0.25, 0.3) is 0 Å². The Bertz CT molecular complexity index is 618. The first kappa shape index (κ1) is 12.7. The van der Waals surface area contributed by atoms with Gasteiger partial charge in [0.2, 0.25) is 5.95 Å². The van der Waals surface area contributed by atoms with E-state index in [4.69, 9.17) is 0 Å². The van der Waals surface area contributed by atoms with Gasteiger partial charge in [0.25, 0.3) is 5.91 Å². The lowest BCUT2D eigenvalue weighted by molar-refractivity contribution is 0.0729. The number of halogens is 1. The van der Waals surface area contributed by atoms with Crippen LogP contribution >= 0.6 is 0 Å². The number of carbonyl (C=O) groups excluding carboxylic acids is 1. The van der Waals surface area contributed by atoms with E-state index in [-0.39, 0.29) is 17.5 Å².